The van der Waals surface area contributed by atoms with Gasteiger partial charge in [-0.25, -0.2) is 0 Å². The molecule has 140 valence electrons. The van der Waals surface area contributed by atoms with Gasteiger partial charge in [0, 0.05) is 5.56 Å². The highest BCUT2D eigenvalue weighted by molar-refractivity contribution is 6.33. The van der Waals surface area contributed by atoms with Crippen molar-refractivity contribution in [1.29, 1.82) is 0 Å². The molecule has 0 aliphatic rings. The lowest BCUT2D eigenvalue weighted by molar-refractivity contribution is 0.0910. The molecule has 1 aromatic heterocycles. The van der Waals surface area contributed by atoms with Gasteiger partial charge in [0.05, 0.1) is 10.6 Å². The Morgan fingerprint density at radius 3 is 2.70 bits per heavy atom. The summed E-state index contributed by atoms with van der Waals surface area (Å²) in [5, 5.41) is 7.50. The Bertz CT molecular complexity index is 938. The Labute approximate surface area is 163 Å². The second-order valence-electron chi connectivity index (χ2n) is 6.64. The lowest BCUT2D eigenvalue weighted by Gasteiger charge is -2.21. The summed E-state index contributed by atoms with van der Waals surface area (Å²) in [5.74, 6) is 0.749. The molecule has 3 rings (SSSR count). The van der Waals surface area contributed by atoms with Crippen LogP contribution in [0.5, 0.6) is 0 Å². The topological polar surface area (TPSA) is 68.0 Å². The fraction of sp³-hybridized carbons (Fsp3) is 0.286. The highest BCUT2D eigenvalue weighted by Gasteiger charge is 2.27. The first-order chi connectivity index (χ1) is 13.0. The second-order valence-corrected chi connectivity index (χ2v) is 7.05. The van der Waals surface area contributed by atoms with Crippen molar-refractivity contribution in [2.24, 2.45) is 5.92 Å². The van der Waals surface area contributed by atoms with Crippen LogP contribution in [0.3, 0.4) is 0 Å². The molecule has 5 nitrogen and oxygen atoms in total. The quantitative estimate of drug-likeness (QED) is 0.633. The molecule has 0 fully saturated rings. The minimum atomic E-state index is -0.398. The average Bonchev–Trinajstić information content (AvgIpc) is 3.15. The zero-order valence-electron chi connectivity index (χ0n) is 15.6. The molecule has 27 heavy (non-hydrogen) atoms. The molecule has 0 aliphatic heterocycles. The highest BCUT2D eigenvalue weighted by atomic mass is 35.5. The zero-order chi connectivity index (χ0) is 19.4. The summed E-state index contributed by atoms with van der Waals surface area (Å²) in [6.45, 7) is 6.10. The fourth-order valence-corrected chi connectivity index (χ4v) is 3.03. The van der Waals surface area contributed by atoms with Crippen LogP contribution >= 0.6 is 11.6 Å². The van der Waals surface area contributed by atoms with Crippen molar-refractivity contribution in [2.75, 3.05) is 0 Å². The van der Waals surface area contributed by atoms with E-state index in [-0.39, 0.29) is 11.8 Å². The van der Waals surface area contributed by atoms with Crippen LogP contribution in [-0.2, 0) is 0 Å². The van der Waals surface area contributed by atoms with Gasteiger partial charge < -0.3 is 9.84 Å². The van der Waals surface area contributed by atoms with Gasteiger partial charge in [0.15, 0.2) is 0 Å². The third kappa shape index (κ3) is 4.37. The van der Waals surface area contributed by atoms with Gasteiger partial charge in [-0.3, -0.25) is 4.79 Å². The number of amides is 1. The van der Waals surface area contributed by atoms with Crippen molar-refractivity contribution in [2.45, 2.75) is 33.2 Å². The van der Waals surface area contributed by atoms with Crippen LogP contribution in [0.15, 0.2) is 53.1 Å². The number of halogens is 1. The molecule has 0 saturated heterocycles. The monoisotopic (exact) mass is 383 g/mol. The maximum absolute atomic E-state index is 12.7. The van der Waals surface area contributed by atoms with Crippen LogP contribution in [0.25, 0.3) is 11.4 Å². The van der Waals surface area contributed by atoms with E-state index in [1.54, 1.807) is 24.3 Å². The first kappa shape index (κ1) is 19.1. The van der Waals surface area contributed by atoms with Gasteiger partial charge in [-0.05, 0) is 31.0 Å². The smallest absolute Gasteiger partial charge is 0.253 e. The van der Waals surface area contributed by atoms with Crippen molar-refractivity contribution >= 4 is 17.5 Å². The Morgan fingerprint density at radius 1 is 1.22 bits per heavy atom. The lowest BCUT2D eigenvalue weighted by atomic mass is 9.98. The summed E-state index contributed by atoms with van der Waals surface area (Å²) in [6, 6.07) is 14.4. The molecular formula is C21H22ClN3O2. The number of benzene rings is 2. The molecule has 0 bridgehead atoms. The van der Waals surface area contributed by atoms with Gasteiger partial charge in [0.25, 0.3) is 5.91 Å². The molecule has 0 unspecified atom stereocenters. The molecule has 6 heteroatoms. The van der Waals surface area contributed by atoms with Crippen molar-refractivity contribution in [3.63, 3.8) is 0 Å². The van der Waals surface area contributed by atoms with Crippen LogP contribution < -0.4 is 5.32 Å². The summed E-state index contributed by atoms with van der Waals surface area (Å²) in [7, 11) is 0. The molecule has 1 heterocycles. The molecule has 3 aromatic rings. The molecular weight excluding hydrogens is 362 g/mol. The van der Waals surface area contributed by atoms with Crippen LogP contribution in [0.1, 0.15) is 48.1 Å². The third-order valence-corrected chi connectivity index (χ3v) is 4.93. The van der Waals surface area contributed by atoms with Gasteiger partial charge in [-0.1, -0.05) is 72.9 Å². The van der Waals surface area contributed by atoms with Crippen molar-refractivity contribution in [3.8, 4) is 11.4 Å². The van der Waals surface area contributed by atoms with E-state index < -0.39 is 6.04 Å². The number of carbonyl (C=O) groups excluding carboxylic acids is 1. The number of nitrogens with zero attached hydrogens (tertiary/aromatic N) is 2. The standard InChI is InChI=1S/C21H22ClN3O2/c1-4-14(3)18(23-20(26)16-10-5-6-11-17(16)22)21-24-19(25-27-21)15-9-7-8-13(2)12-15/h5-12,14,18H,4H2,1-3H3,(H,23,26)/t14-,18+/m1/s1. The Hall–Kier alpha value is -2.66. The summed E-state index contributed by atoms with van der Waals surface area (Å²) in [5.41, 5.74) is 2.42. The molecule has 1 amide bonds. The predicted molar refractivity (Wildman–Crippen MR) is 106 cm³/mol. The minimum Gasteiger partial charge on any atom is -0.340 e. The van der Waals surface area contributed by atoms with E-state index >= 15 is 0 Å². The molecule has 2 aromatic carbocycles. The van der Waals surface area contributed by atoms with Crippen LogP contribution in [0.2, 0.25) is 5.02 Å². The largest absolute Gasteiger partial charge is 0.340 e. The fourth-order valence-electron chi connectivity index (χ4n) is 2.81. The lowest BCUT2D eigenvalue weighted by Crippen LogP contribution is -2.33. The summed E-state index contributed by atoms with van der Waals surface area (Å²) in [4.78, 5) is 17.2. The maximum Gasteiger partial charge on any atom is 0.253 e. The van der Waals surface area contributed by atoms with E-state index in [4.69, 9.17) is 16.1 Å². The SMILES string of the molecule is CC[C@@H](C)[C@H](NC(=O)c1ccccc1Cl)c1nc(-c2cccc(C)c2)no1. The van der Waals surface area contributed by atoms with Crippen molar-refractivity contribution in [3.05, 3.63) is 70.6 Å². The molecule has 1 N–H and O–H groups in total. The van der Waals surface area contributed by atoms with Gasteiger partial charge in [-0.2, -0.15) is 4.98 Å². The van der Waals surface area contributed by atoms with Gasteiger partial charge in [0.2, 0.25) is 11.7 Å². The maximum atomic E-state index is 12.7. The van der Waals surface area contributed by atoms with E-state index in [0.29, 0.717) is 22.3 Å². The Balaban J connectivity index is 1.88. The molecule has 2 atom stereocenters. The van der Waals surface area contributed by atoms with E-state index in [1.165, 1.54) is 0 Å². The van der Waals surface area contributed by atoms with Gasteiger partial charge in [-0.15, -0.1) is 0 Å². The minimum absolute atomic E-state index is 0.113. The highest BCUT2D eigenvalue weighted by Crippen LogP contribution is 2.27. The van der Waals surface area contributed by atoms with Gasteiger partial charge in [0.1, 0.15) is 6.04 Å². The van der Waals surface area contributed by atoms with E-state index in [1.807, 2.05) is 38.1 Å². The number of aromatic nitrogens is 2. The van der Waals surface area contributed by atoms with Crippen molar-refractivity contribution < 1.29 is 9.32 Å². The normalized spacial score (nSPS) is 13.2. The number of hydrogen-bond donors (Lipinski definition) is 1. The van der Waals surface area contributed by atoms with Crippen molar-refractivity contribution in [1.82, 2.24) is 15.5 Å². The summed E-state index contributed by atoms with van der Waals surface area (Å²) >= 11 is 6.15. The Morgan fingerprint density at radius 2 is 2.00 bits per heavy atom. The summed E-state index contributed by atoms with van der Waals surface area (Å²) in [6.07, 6.45) is 0.843. The number of aryl methyl sites for hydroxylation is 1. The number of hydrogen-bond acceptors (Lipinski definition) is 4. The zero-order valence-corrected chi connectivity index (χ0v) is 16.3. The predicted octanol–water partition coefficient (Wildman–Crippen LogP) is 5.22. The summed E-state index contributed by atoms with van der Waals surface area (Å²) < 4.78 is 5.50. The molecule has 0 spiro atoms. The first-order valence-corrected chi connectivity index (χ1v) is 9.33. The third-order valence-electron chi connectivity index (χ3n) is 4.60. The molecule has 0 radical (unpaired) electrons. The Kier molecular flexibility index (Phi) is 5.91. The second kappa shape index (κ2) is 8.35. The van der Waals surface area contributed by atoms with Crippen LogP contribution in [0.4, 0.5) is 0 Å². The van der Waals surface area contributed by atoms with E-state index in [2.05, 4.69) is 22.4 Å². The number of nitrogens with one attached hydrogen (secondary N) is 1. The van der Waals surface area contributed by atoms with Crippen LogP contribution in [-0.4, -0.2) is 16.0 Å². The molecule has 0 saturated carbocycles. The average molecular weight is 384 g/mol. The number of carbonyl (C=O) groups is 1. The molecule has 0 aliphatic carbocycles. The first-order valence-electron chi connectivity index (χ1n) is 8.95. The van der Waals surface area contributed by atoms with Crippen LogP contribution in [0, 0.1) is 12.8 Å². The van der Waals surface area contributed by atoms with E-state index in [9.17, 15) is 4.79 Å². The number of rotatable bonds is 6. The van der Waals surface area contributed by atoms with E-state index in [0.717, 1.165) is 17.5 Å². The van der Waals surface area contributed by atoms with Gasteiger partial charge >= 0.3 is 0 Å².